The maximum Gasteiger partial charge on any atom is -0.0203 e. The van der Waals surface area contributed by atoms with Crippen LogP contribution in [0.15, 0.2) is 11.6 Å². The molecule has 0 amide bonds. The van der Waals surface area contributed by atoms with E-state index < -0.39 is 0 Å². The second-order valence-electron chi connectivity index (χ2n) is 4.86. The standard InChI is InChI=1S/C13H22/c1-11(13-9-5-6-10-13)12-7-3-2-4-8-12/h7,11,13H,2-6,8-10H2,1H3. The SMILES string of the molecule is CC(C1=CCCCC1)C1CCCC1. The van der Waals surface area contributed by atoms with Gasteiger partial charge in [-0.15, -0.1) is 0 Å². The molecule has 0 aliphatic heterocycles. The highest BCUT2D eigenvalue weighted by molar-refractivity contribution is 5.10. The molecule has 2 rings (SSSR count). The van der Waals surface area contributed by atoms with Gasteiger partial charge < -0.3 is 0 Å². The van der Waals surface area contributed by atoms with E-state index in [1.807, 2.05) is 0 Å². The first-order valence-electron chi connectivity index (χ1n) is 6.07. The predicted molar refractivity (Wildman–Crippen MR) is 57.7 cm³/mol. The van der Waals surface area contributed by atoms with Crippen LogP contribution in [-0.4, -0.2) is 0 Å². The molecule has 74 valence electrons. The van der Waals surface area contributed by atoms with Crippen LogP contribution in [0.1, 0.15) is 58.3 Å². The van der Waals surface area contributed by atoms with Crippen molar-refractivity contribution >= 4 is 0 Å². The third-order valence-corrected chi connectivity index (χ3v) is 4.02. The van der Waals surface area contributed by atoms with Gasteiger partial charge in [0.1, 0.15) is 0 Å². The van der Waals surface area contributed by atoms with Gasteiger partial charge in [-0.05, 0) is 50.4 Å². The van der Waals surface area contributed by atoms with Crippen molar-refractivity contribution < 1.29 is 0 Å². The summed E-state index contributed by atoms with van der Waals surface area (Å²) in [6.45, 7) is 2.47. The Bertz CT molecular complexity index is 184. The number of hydrogen-bond acceptors (Lipinski definition) is 0. The second kappa shape index (κ2) is 4.30. The van der Waals surface area contributed by atoms with Crippen LogP contribution in [0.2, 0.25) is 0 Å². The van der Waals surface area contributed by atoms with E-state index in [0.29, 0.717) is 0 Å². The van der Waals surface area contributed by atoms with Gasteiger partial charge in [0.25, 0.3) is 0 Å². The zero-order valence-corrected chi connectivity index (χ0v) is 8.89. The van der Waals surface area contributed by atoms with E-state index in [9.17, 15) is 0 Å². The first-order chi connectivity index (χ1) is 6.38. The number of rotatable bonds is 2. The normalized spacial score (nSPS) is 27.3. The molecule has 0 radical (unpaired) electrons. The molecule has 0 aromatic carbocycles. The summed E-state index contributed by atoms with van der Waals surface area (Å²) in [6, 6.07) is 0. The Hall–Kier alpha value is -0.260. The third kappa shape index (κ3) is 2.15. The Morgan fingerprint density at radius 1 is 1.15 bits per heavy atom. The largest absolute Gasteiger partial charge is 0.0851 e. The van der Waals surface area contributed by atoms with Crippen LogP contribution >= 0.6 is 0 Å². The predicted octanol–water partition coefficient (Wildman–Crippen LogP) is 4.31. The molecule has 0 saturated heterocycles. The molecule has 0 heterocycles. The lowest BCUT2D eigenvalue weighted by molar-refractivity contribution is 0.398. The Morgan fingerprint density at radius 2 is 1.92 bits per heavy atom. The summed E-state index contributed by atoms with van der Waals surface area (Å²) in [5.74, 6) is 1.94. The van der Waals surface area contributed by atoms with Crippen LogP contribution in [0.4, 0.5) is 0 Å². The fourth-order valence-electron chi connectivity index (χ4n) is 3.04. The highest BCUT2D eigenvalue weighted by Gasteiger charge is 2.24. The second-order valence-corrected chi connectivity index (χ2v) is 4.86. The lowest BCUT2D eigenvalue weighted by Crippen LogP contribution is -2.12. The maximum atomic E-state index is 2.53. The molecule has 0 N–H and O–H groups in total. The summed E-state index contributed by atoms with van der Waals surface area (Å²) in [5, 5.41) is 0. The zero-order valence-electron chi connectivity index (χ0n) is 8.89. The summed E-state index contributed by atoms with van der Waals surface area (Å²) in [5.41, 5.74) is 1.79. The molecule has 0 bridgehead atoms. The van der Waals surface area contributed by atoms with Crippen LogP contribution in [0.3, 0.4) is 0 Å². The fraction of sp³-hybridized carbons (Fsp3) is 0.846. The lowest BCUT2D eigenvalue weighted by atomic mass is 9.81. The van der Waals surface area contributed by atoms with E-state index in [0.717, 1.165) is 11.8 Å². The van der Waals surface area contributed by atoms with Gasteiger partial charge >= 0.3 is 0 Å². The Morgan fingerprint density at radius 3 is 2.54 bits per heavy atom. The molecule has 1 atom stereocenters. The average molecular weight is 178 g/mol. The third-order valence-electron chi connectivity index (χ3n) is 4.02. The molecule has 2 aliphatic carbocycles. The summed E-state index contributed by atoms with van der Waals surface area (Å²) >= 11 is 0. The van der Waals surface area contributed by atoms with Crippen molar-refractivity contribution in [3.63, 3.8) is 0 Å². The van der Waals surface area contributed by atoms with Crippen molar-refractivity contribution in [1.29, 1.82) is 0 Å². The van der Waals surface area contributed by atoms with Gasteiger partial charge in [0, 0.05) is 0 Å². The van der Waals surface area contributed by atoms with Crippen LogP contribution in [0.5, 0.6) is 0 Å². The minimum absolute atomic E-state index is 0.905. The Balaban J connectivity index is 1.94. The first kappa shape index (κ1) is 9.30. The van der Waals surface area contributed by atoms with Gasteiger partial charge in [0.15, 0.2) is 0 Å². The minimum atomic E-state index is 0.905. The van der Waals surface area contributed by atoms with E-state index in [4.69, 9.17) is 0 Å². The molecular formula is C13H22. The van der Waals surface area contributed by atoms with Crippen LogP contribution in [0, 0.1) is 11.8 Å². The molecule has 1 unspecified atom stereocenters. The summed E-state index contributed by atoms with van der Waals surface area (Å²) in [4.78, 5) is 0. The van der Waals surface area contributed by atoms with Crippen molar-refractivity contribution in [1.82, 2.24) is 0 Å². The Kier molecular flexibility index (Phi) is 3.08. The molecule has 0 heteroatoms. The monoisotopic (exact) mass is 178 g/mol. The summed E-state index contributed by atoms with van der Waals surface area (Å²) in [6.07, 6.45) is 14.1. The zero-order chi connectivity index (χ0) is 9.10. The molecule has 0 aromatic heterocycles. The number of allylic oxidation sites excluding steroid dienone is 2. The van der Waals surface area contributed by atoms with Crippen molar-refractivity contribution in [2.24, 2.45) is 11.8 Å². The molecule has 2 aliphatic rings. The topological polar surface area (TPSA) is 0 Å². The summed E-state index contributed by atoms with van der Waals surface area (Å²) < 4.78 is 0. The van der Waals surface area contributed by atoms with Crippen LogP contribution < -0.4 is 0 Å². The highest BCUT2D eigenvalue weighted by Crippen LogP contribution is 2.37. The lowest BCUT2D eigenvalue weighted by Gasteiger charge is -2.24. The van der Waals surface area contributed by atoms with Crippen molar-refractivity contribution in [3.05, 3.63) is 11.6 Å². The molecule has 0 aromatic rings. The van der Waals surface area contributed by atoms with Gasteiger partial charge in [0.2, 0.25) is 0 Å². The van der Waals surface area contributed by atoms with Gasteiger partial charge in [-0.2, -0.15) is 0 Å². The van der Waals surface area contributed by atoms with Crippen LogP contribution in [-0.2, 0) is 0 Å². The molecule has 0 nitrogen and oxygen atoms in total. The summed E-state index contributed by atoms with van der Waals surface area (Å²) in [7, 11) is 0. The van der Waals surface area contributed by atoms with Crippen molar-refractivity contribution in [3.8, 4) is 0 Å². The van der Waals surface area contributed by atoms with Crippen LogP contribution in [0.25, 0.3) is 0 Å². The Labute approximate surface area is 82.4 Å². The van der Waals surface area contributed by atoms with E-state index >= 15 is 0 Å². The van der Waals surface area contributed by atoms with Gasteiger partial charge in [-0.3, -0.25) is 0 Å². The first-order valence-corrected chi connectivity index (χ1v) is 6.07. The fourth-order valence-corrected chi connectivity index (χ4v) is 3.04. The van der Waals surface area contributed by atoms with E-state index in [2.05, 4.69) is 13.0 Å². The minimum Gasteiger partial charge on any atom is -0.0851 e. The van der Waals surface area contributed by atoms with Gasteiger partial charge in [-0.1, -0.05) is 31.4 Å². The average Bonchev–Trinajstić information content (AvgIpc) is 2.71. The maximum absolute atomic E-state index is 2.53. The molecule has 13 heavy (non-hydrogen) atoms. The smallest absolute Gasteiger partial charge is 0.0203 e. The number of hydrogen-bond donors (Lipinski definition) is 0. The molecule has 0 spiro atoms. The van der Waals surface area contributed by atoms with E-state index in [1.54, 1.807) is 5.57 Å². The molecule has 1 saturated carbocycles. The van der Waals surface area contributed by atoms with Gasteiger partial charge in [-0.25, -0.2) is 0 Å². The van der Waals surface area contributed by atoms with Crippen molar-refractivity contribution in [2.75, 3.05) is 0 Å². The quantitative estimate of drug-likeness (QED) is 0.553. The van der Waals surface area contributed by atoms with Gasteiger partial charge in [0.05, 0.1) is 0 Å². The van der Waals surface area contributed by atoms with Crippen molar-refractivity contribution in [2.45, 2.75) is 58.3 Å². The van der Waals surface area contributed by atoms with E-state index in [-0.39, 0.29) is 0 Å². The molecule has 1 fully saturated rings. The molecular weight excluding hydrogens is 156 g/mol. The van der Waals surface area contributed by atoms with E-state index in [1.165, 1.54) is 51.4 Å². The highest BCUT2D eigenvalue weighted by atomic mass is 14.3.